The van der Waals surface area contributed by atoms with E-state index in [0.29, 0.717) is 5.92 Å². The predicted octanol–water partition coefficient (Wildman–Crippen LogP) is 2.59. The van der Waals surface area contributed by atoms with Gasteiger partial charge in [-0.2, -0.15) is 0 Å². The normalized spacial score (nSPS) is 19.6. The summed E-state index contributed by atoms with van der Waals surface area (Å²) in [5, 5.41) is 3.00. The molecule has 0 spiro atoms. The summed E-state index contributed by atoms with van der Waals surface area (Å²) in [6.45, 7) is 2.82. The molecular weight excluding hydrogens is 212 g/mol. The van der Waals surface area contributed by atoms with Crippen molar-refractivity contribution in [2.24, 2.45) is 11.7 Å². The predicted molar refractivity (Wildman–Crippen MR) is 71.7 cm³/mol. The average Bonchev–Trinajstić information content (AvgIpc) is 2.57. The molecule has 0 aromatic heterocycles. The molecule has 0 saturated heterocycles. The summed E-state index contributed by atoms with van der Waals surface area (Å²) in [6.07, 6.45) is 10.4. The first-order valence-electron chi connectivity index (χ1n) is 7.24. The van der Waals surface area contributed by atoms with E-state index in [0.717, 1.165) is 25.8 Å². The minimum atomic E-state index is 0.222. The van der Waals surface area contributed by atoms with Crippen molar-refractivity contribution in [2.75, 3.05) is 6.54 Å². The third-order valence-electron chi connectivity index (χ3n) is 3.81. The van der Waals surface area contributed by atoms with Gasteiger partial charge in [-0.05, 0) is 31.6 Å². The molecule has 0 aliphatic heterocycles. The van der Waals surface area contributed by atoms with Crippen LogP contribution in [0.15, 0.2) is 0 Å². The molecular formula is C14H28N2O. The largest absolute Gasteiger partial charge is 0.356 e. The minimum Gasteiger partial charge on any atom is -0.356 e. The zero-order chi connectivity index (χ0) is 12.5. The fourth-order valence-corrected chi connectivity index (χ4v) is 2.50. The molecule has 1 saturated carbocycles. The summed E-state index contributed by atoms with van der Waals surface area (Å²) in [4.78, 5) is 11.7. The fraction of sp³-hybridized carbons (Fsp3) is 0.929. The van der Waals surface area contributed by atoms with Crippen molar-refractivity contribution in [3.63, 3.8) is 0 Å². The van der Waals surface area contributed by atoms with E-state index in [9.17, 15) is 4.79 Å². The van der Waals surface area contributed by atoms with Gasteiger partial charge in [0, 0.05) is 19.0 Å². The van der Waals surface area contributed by atoms with Gasteiger partial charge >= 0.3 is 0 Å². The van der Waals surface area contributed by atoms with Gasteiger partial charge in [0.2, 0.25) is 5.91 Å². The average molecular weight is 240 g/mol. The summed E-state index contributed by atoms with van der Waals surface area (Å²) >= 11 is 0. The van der Waals surface area contributed by atoms with Crippen LogP contribution in [-0.2, 0) is 4.79 Å². The molecule has 1 aliphatic rings. The van der Waals surface area contributed by atoms with E-state index in [1.54, 1.807) is 0 Å². The maximum absolute atomic E-state index is 11.7. The Morgan fingerprint density at radius 1 is 1.29 bits per heavy atom. The highest BCUT2D eigenvalue weighted by molar-refractivity contribution is 5.76. The molecule has 1 rings (SSSR count). The molecule has 0 aromatic carbocycles. The lowest BCUT2D eigenvalue weighted by Gasteiger charge is -2.14. The number of amides is 1. The topological polar surface area (TPSA) is 55.1 Å². The smallest absolute Gasteiger partial charge is 0.220 e. The lowest BCUT2D eigenvalue weighted by Crippen LogP contribution is -2.31. The van der Waals surface area contributed by atoms with Gasteiger partial charge in [-0.25, -0.2) is 0 Å². The van der Waals surface area contributed by atoms with Gasteiger partial charge < -0.3 is 11.1 Å². The molecule has 1 fully saturated rings. The van der Waals surface area contributed by atoms with Crippen molar-refractivity contribution in [1.29, 1.82) is 0 Å². The van der Waals surface area contributed by atoms with Crippen LogP contribution in [0.1, 0.15) is 64.7 Å². The van der Waals surface area contributed by atoms with E-state index in [-0.39, 0.29) is 11.9 Å². The molecule has 3 nitrogen and oxygen atoms in total. The van der Waals surface area contributed by atoms with Gasteiger partial charge in [-0.3, -0.25) is 4.79 Å². The van der Waals surface area contributed by atoms with Gasteiger partial charge in [0.15, 0.2) is 0 Å². The highest BCUT2D eigenvalue weighted by atomic mass is 16.1. The quantitative estimate of drug-likeness (QED) is 0.701. The number of rotatable bonds is 6. The van der Waals surface area contributed by atoms with Crippen molar-refractivity contribution in [1.82, 2.24) is 5.32 Å². The van der Waals surface area contributed by atoms with Crippen LogP contribution in [0.4, 0.5) is 0 Å². The summed E-state index contributed by atoms with van der Waals surface area (Å²) in [5.74, 6) is 0.845. The fourth-order valence-electron chi connectivity index (χ4n) is 2.50. The maximum atomic E-state index is 11.7. The van der Waals surface area contributed by atoms with Crippen LogP contribution in [0.3, 0.4) is 0 Å². The zero-order valence-corrected chi connectivity index (χ0v) is 11.2. The first-order valence-corrected chi connectivity index (χ1v) is 7.24. The SMILES string of the molecule is CCC(N)CCNC(=O)CC1CCCCCC1. The van der Waals surface area contributed by atoms with Crippen molar-refractivity contribution < 1.29 is 4.79 Å². The summed E-state index contributed by atoms with van der Waals surface area (Å²) in [5.41, 5.74) is 5.81. The number of hydrogen-bond donors (Lipinski definition) is 2. The Bertz CT molecular complexity index is 210. The third-order valence-corrected chi connectivity index (χ3v) is 3.81. The van der Waals surface area contributed by atoms with Crippen molar-refractivity contribution in [3.8, 4) is 0 Å². The molecule has 1 unspecified atom stereocenters. The van der Waals surface area contributed by atoms with Crippen LogP contribution in [0.5, 0.6) is 0 Å². The monoisotopic (exact) mass is 240 g/mol. The van der Waals surface area contributed by atoms with Crippen LogP contribution in [0, 0.1) is 5.92 Å². The minimum absolute atomic E-state index is 0.222. The third kappa shape index (κ3) is 6.67. The molecule has 1 amide bonds. The highest BCUT2D eigenvalue weighted by Gasteiger charge is 2.15. The second kappa shape index (κ2) is 8.51. The van der Waals surface area contributed by atoms with E-state index in [2.05, 4.69) is 12.2 Å². The zero-order valence-electron chi connectivity index (χ0n) is 11.2. The molecule has 3 N–H and O–H groups in total. The molecule has 1 atom stereocenters. The molecule has 3 heteroatoms. The molecule has 100 valence electrons. The van der Waals surface area contributed by atoms with Gasteiger partial charge in [-0.1, -0.05) is 32.6 Å². The van der Waals surface area contributed by atoms with Crippen LogP contribution >= 0.6 is 0 Å². The summed E-state index contributed by atoms with van der Waals surface area (Å²) < 4.78 is 0. The Morgan fingerprint density at radius 3 is 2.53 bits per heavy atom. The maximum Gasteiger partial charge on any atom is 0.220 e. The standard InChI is InChI=1S/C14H28N2O/c1-2-13(15)9-10-16-14(17)11-12-7-5-3-4-6-8-12/h12-13H,2-11,15H2,1H3,(H,16,17). The molecule has 1 aliphatic carbocycles. The van der Waals surface area contributed by atoms with Crippen LogP contribution in [0.2, 0.25) is 0 Å². The number of hydrogen-bond acceptors (Lipinski definition) is 2. The summed E-state index contributed by atoms with van der Waals surface area (Å²) in [6, 6.07) is 0.230. The van der Waals surface area contributed by atoms with E-state index in [4.69, 9.17) is 5.73 Å². The Balaban J connectivity index is 2.10. The van der Waals surface area contributed by atoms with Crippen molar-refractivity contribution in [3.05, 3.63) is 0 Å². The van der Waals surface area contributed by atoms with Crippen LogP contribution in [0.25, 0.3) is 0 Å². The number of carbonyl (C=O) groups excluding carboxylic acids is 1. The number of carbonyl (C=O) groups is 1. The van der Waals surface area contributed by atoms with Gasteiger partial charge in [0.25, 0.3) is 0 Å². The summed E-state index contributed by atoms with van der Waals surface area (Å²) in [7, 11) is 0. The molecule has 0 bridgehead atoms. The van der Waals surface area contributed by atoms with Crippen LogP contribution < -0.4 is 11.1 Å². The lowest BCUT2D eigenvalue weighted by molar-refractivity contribution is -0.122. The van der Waals surface area contributed by atoms with E-state index < -0.39 is 0 Å². The number of nitrogens with two attached hydrogens (primary N) is 1. The molecule has 0 radical (unpaired) electrons. The Morgan fingerprint density at radius 2 is 1.94 bits per heavy atom. The first kappa shape index (κ1) is 14.5. The Labute approximate surface area is 106 Å². The lowest BCUT2D eigenvalue weighted by atomic mass is 9.96. The van der Waals surface area contributed by atoms with E-state index >= 15 is 0 Å². The molecule has 0 heterocycles. The molecule has 0 aromatic rings. The second-order valence-corrected chi connectivity index (χ2v) is 5.37. The highest BCUT2D eigenvalue weighted by Crippen LogP contribution is 2.25. The van der Waals surface area contributed by atoms with Crippen molar-refractivity contribution >= 4 is 5.91 Å². The number of nitrogens with one attached hydrogen (secondary N) is 1. The van der Waals surface area contributed by atoms with Gasteiger partial charge in [0.1, 0.15) is 0 Å². The van der Waals surface area contributed by atoms with Gasteiger partial charge in [0.05, 0.1) is 0 Å². The van der Waals surface area contributed by atoms with E-state index in [1.807, 2.05) is 0 Å². The Hall–Kier alpha value is -0.570. The molecule has 17 heavy (non-hydrogen) atoms. The second-order valence-electron chi connectivity index (χ2n) is 5.37. The van der Waals surface area contributed by atoms with Gasteiger partial charge in [-0.15, -0.1) is 0 Å². The van der Waals surface area contributed by atoms with Crippen molar-refractivity contribution in [2.45, 2.75) is 70.8 Å². The van der Waals surface area contributed by atoms with Crippen LogP contribution in [-0.4, -0.2) is 18.5 Å². The van der Waals surface area contributed by atoms with E-state index in [1.165, 1.54) is 38.5 Å². The first-order chi connectivity index (χ1) is 8.22. The Kier molecular flexibility index (Phi) is 7.25.